The molecule has 0 aliphatic heterocycles. The van der Waals surface area contributed by atoms with Crippen molar-refractivity contribution in [2.75, 3.05) is 6.54 Å². The molecule has 14 heavy (non-hydrogen) atoms. The molecule has 0 aromatic carbocycles. The first kappa shape index (κ1) is 11.8. The summed E-state index contributed by atoms with van der Waals surface area (Å²) in [4.78, 5) is 0. The van der Waals surface area contributed by atoms with E-state index in [1.54, 1.807) is 0 Å². The van der Waals surface area contributed by atoms with Crippen molar-refractivity contribution < 1.29 is 0 Å². The topological polar surface area (TPSA) is 12.0 Å². The SMILES string of the molecule is C=C(C)CC1CCCCC1NCCC. The number of allylic oxidation sites excluding steroid dienone is 1. The molecule has 0 bridgehead atoms. The molecule has 82 valence electrons. The van der Waals surface area contributed by atoms with Crippen molar-refractivity contribution in [3.05, 3.63) is 12.2 Å². The molecule has 1 aliphatic rings. The summed E-state index contributed by atoms with van der Waals surface area (Å²) in [6, 6.07) is 0.764. The van der Waals surface area contributed by atoms with Crippen molar-refractivity contribution in [1.82, 2.24) is 5.32 Å². The van der Waals surface area contributed by atoms with Gasteiger partial charge in [0.25, 0.3) is 0 Å². The fourth-order valence-electron chi connectivity index (χ4n) is 2.50. The smallest absolute Gasteiger partial charge is 0.00983 e. The lowest BCUT2D eigenvalue weighted by atomic mass is 9.81. The molecule has 1 nitrogen and oxygen atoms in total. The van der Waals surface area contributed by atoms with E-state index in [9.17, 15) is 0 Å². The van der Waals surface area contributed by atoms with Crippen LogP contribution in [-0.2, 0) is 0 Å². The van der Waals surface area contributed by atoms with E-state index < -0.39 is 0 Å². The third kappa shape index (κ3) is 3.83. The second-order valence-electron chi connectivity index (χ2n) is 4.77. The molecule has 1 rings (SSSR count). The van der Waals surface area contributed by atoms with Crippen LogP contribution in [0.15, 0.2) is 12.2 Å². The van der Waals surface area contributed by atoms with Crippen LogP contribution in [0, 0.1) is 5.92 Å². The lowest BCUT2D eigenvalue weighted by Gasteiger charge is -2.32. The van der Waals surface area contributed by atoms with Gasteiger partial charge in [0, 0.05) is 6.04 Å². The largest absolute Gasteiger partial charge is 0.314 e. The Kier molecular flexibility index (Phi) is 5.24. The van der Waals surface area contributed by atoms with Gasteiger partial charge in [-0.15, -0.1) is 6.58 Å². The Morgan fingerprint density at radius 1 is 1.36 bits per heavy atom. The third-order valence-electron chi connectivity index (χ3n) is 3.18. The van der Waals surface area contributed by atoms with Crippen LogP contribution in [0.25, 0.3) is 0 Å². The summed E-state index contributed by atoms with van der Waals surface area (Å²) >= 11 is 0. The van der Waals surface area contributed by atoms with E-state index in [0.29, 0.717) is 0 Å². The van der Waals surface area contributed by atoms with Crippen LogP contribution < -0.4 is 5.32 Å². The molecular weight excluding hydrogens is 170 g/mol. The summed E-state index contributed by atoms with van der Waals surface area (Å²) in [7, 11) is 0. The summed E-state index contributed by atoms with van der Waals surface area (Å²) in [6.07, 6.45) is 8.07. The normalized spacial score (nSPS) is 27.6. The molecule has 0 spiro atoms. The minimum Gasteiger partial charge on any atom is -0.314 e. The highest BCUT2D eigenvalue weighted by Crippen LogP contribution is 2.28. The molecule has 0 aromatic rings. The van der Waals surface area contributed by atoms with Crippen molar-refractivity contribution in [2.24, 2.45) is 5.92 Å². The van der Waals surface area contributed by atoms with Gasteiger partial charge in [0.05, 0.1) is 0 Å². The average Bonchev–Trinajstić information content (AvgIpc) is 2.16. The molecule has 0 amide bonds. The van der Waals surface area contributed by atoms with Gasteiger partial charge in [0.15, 0.2) is 0 Å². The number of rotatable bonds is 5. The zero-order valence-corrected chi connectivity index (χ0v) is 9.81. The van der Waals surface area contributed by atoms with E-state index in [0.717, 1.165) is 12.0 Å². The molecule has 1 aliphatic carbocycles. The monoisotopic (exact) mass is 195 g/mol. The molecule has 1 saturated carbocycles. The van der Waals surface area contributed by atoms with Crippen molar-refractivity contribution >= 4 is 0 Å². The first-order valence-corrected chi connectivity index (χ1v) is 6.11. The van der Waals surface area contributed by atoms with Crippen LogP contribution in [0.4, 0.5) is 0 Å². The predicted octanol–water partition coefficient (Wildman–Crippen LogP) is 3.51. The van der Waals surface area contributed by atoms with Crippen LogP contribution in [0.2, 0.25) is 0 Å². The lowest BCUT2D eigenvalue weighted by Crippen LogP contribution is -2.39. The van der Waals surface area contributed by atoms with E-state index in [-0.39, 0.29) is 0 Å². The number of hydrogen-bond donors (Lipinski definition) is 1. The van der Waals surface area contributed by atoms with Crippen LogP contribution in [0.3, 0.4) is 0 Å². The summed E-state index contributed by atoms with van der Waals surface area (Å²) in [5.41, 5.74) is 1.35. The van der Waals surface area contributed by atoms with Crippen LogP contribution in [-0.4, -0.2) is 12.6 Å². The molecule has 2 unspecified atom stereocenters. The van der Waals surface area contributed by atoms with Crippen molar-refractivity contribution in [3.8, 4) is 0 Å². The third-order valence-corrected chi connectivity index (χ3v) is 3.18. The van der Waals surface area contributed by atoms with Crippen molar-refractivity contribution in [3.63, 3.8) is 0 Å². The minimum atomic E-state index is 0.764. The zero-order chi connectivity index (χ0) is 10.4. The van der Waals surface area contributed by atoms with Gasteiger partial charge in [-0.2, -0.15) is 0 Å². The molecule has 0 aromatic heterocycles. The maximum atomic E-state index is 4.04. The molecule has 1 fully saturated rings. The van der Waals surface area contributed by atoms with Gasteiger partial charge in [0.1, 0.15) is 0 Å². The van der Waals surface area contributed by atoms with E-state index in [4.69, 9.17) is 0 Å². The standard InChI is InChI=1S/C13H25N/c1-4-9-14-13-8-6-5-7-12(13)10-11(2)3/h12-14H,2,4-10H2,1,3H3. The lowest BCUT2D eigenvalue weighted by molar-refractivity contribution is 0.261. The molecular formula is C13H25N. The van der Waals surface area contributed by atoms with Gasteiger partial charge in [-0.1, -0.05) is 25.3 Å². The highest BCUT2D eigenvalue weighted by Gasteiger charge is 2.23. The summed E-state index contributed by atoms with van der Waals surface area (Å²) < 4.78 is 0. The quantitative estimate of drug-likeness (QED) is 0.662. The average molecular weight is 195 g/mol. The summed E-state index contributed by atoms with van der Waals surface area (Å²) in [5, 5.41) is 3.69. The molecule has 2 atom stereocenters. The first-order valence-electron chi connectivity index (χ1n) is 6.11. The number of nitrogens with one attached hydrogen (secondary N) is 1. The van der Waals surface area contributed by atoms with Gasteiger partial charge < -0.3 is 5.32 Å². The van der Waals surface area contributed by atoms with Crippen LogP contribution in [0.1, 0.15) is 52.4 Å². The first-order chi connectivity index (χ1) is 6.74. The number of hydrogen-bond acceptors (Lipinski definition) is 1. The van der Waals surface area contributed by atoms with Crippen molar-refractivity contribution in [1.29, 1.82) is 0 Å². The van der Waals surface area contributed by atoms with Crippen LogP contribution >= 0.6 is 0 Å². The van der Waals surface area contributed by atoms with E-state index in [1.165, 1.54) is 50.6 Å². The zero-order valence-electron chi connectivity index (χ0n) is 9.81. The Hall–Kier alpha value is -0.300. The maximum absolute atomic E-state index is 4.04. The van der Waals surface area contributed by atoms with Gasteiger partial charge in [-0.3, -0.25) is 0 Å². The molecule has 0 heterocycles. The Morgan fingerprint density at radius 2 is 2.07 bits per heavy atom. The Morgan fingerprint density at radius 3 is 2.71 bits per heavy atom. The Bertz CT molecular complexity index is 174. The van der Waals surface area contributed by atoms with Crippen molar-refractivity contribution in [2.45, 2.75) is 58.4 Å². The molecule has 0 radical (unpaired) electrons. The predicted molar refractivity (Wildman–Crippen MR) is 63.5 cm³/mol. The fourth-order valence-corrected chi connectivity index (χ4v) is 2.50. The Labute approximate surface area is 89.0 Å². The van der Waals surface area contributed by atoms with Gasteiger partial charge >= 0.3 is 0 Å². The van der Waals surface area contributed by atoms with Gasteiger partial charge in [-0.05, 0) is 45.1 Å². The summed E-state index contributed by atoms with van der Waals surface area (Å²) in [5.74, 6) is 0.854. The van der Waals surface area contributed by atoms with E-state index in [1.807, 2.05) is 0 Å². The molecule has 1 heteroatoms. The Balaban J connectivity index is 2.37. The fraction of sp³-hybridized carbons (Fsp3) is 0.846. The van der Waals surface area contributed by atoms with Gasteiger partial charge in [-0.25, -0.2) is 0 Å². The van der Waals surface area contributed by atoms with Gasteiger partial charge in [0.2, 0.25) is 0 Å². The second-order valence-corrected chi connectivity index (χ2v) is 4.77. The highest BCUT2D eigenvalue weighted by molar-refractivity contribution is 4.94. The minimum absolute atomic E-state index is 0.764. The molecule has 1 N–H and O–H groups in total. The maximum Gasteiger partial charge on any atom is 0.00983 e. The highest BCUT2D eigenvalue weighted by atomic mass is 14.9. The second kappa shape index (κ2) is 6.23. The van der Waals surface area contributed by atoms with E-state index >= 15 is 0 Å². The van der Waals surface area contributed by atoms with E-state index in [2.05, 4.69) is 25.7 Å². The molecule has 0 saturated heterocycles. The summed E-state index contributed by atoms with van der Waals surface area (Å²) in [6.45, 7) is 9.61. The van der Waals surface area contributed by atoms with Crippen LogP contribution in [0.5, 0.6) is 0 Å².